The number of nitrogens with zero attached hydrogens (tertiary/aromatic N) is 2. The number of aryl methyl sites for hydroxylation is 2. The lowest BCUT2D eigenvalue weighted by Crippen LogP contribution is -2.14. The second kappa shape index (κ2) is 5.21. The van der Waals surface area contributed by atoms with Crippen LogP contribution in [-0.4, -0.2) is 9.55 Å². The van der Waals surface area contributed by atoms with E-state index in [9.17, 15) is 4.39 Å². The minimum Gasteiger partial charge on any atom is -0.335 e. The smallest absolute Gasteiger partial charge is 0.145 e. The minimum atomic E-state index is -0.338. The molecular weight excluding hydrogens is 275 g/mol. The summed E-state index contributed by atoms with van der Waals surface area (Å²) in [7, 11) is 0. The molecule has 2 rings (SSSR count). The van der Waals surface area contributed by atoms with Crippen LogP contribution in [0.5, 0.6) is 0 Å². The highest BCUT2D eigenvalue weighted by Gasteiger charge is 2.22. The number of imidazole rings is 1. The second-order valence-corrected chi connectivity index (χ2v) is 6.44. The van der Waals surface area contributed by atoms with Gasteiger partial charge in [0.1, 0.15) is 11.6 Å². The van der Waals surface area contributed by atoms with E-state index in [1.807, 2.05) is 40.0 Å². The predicted octanol–water partition coefficient (Wildman–Crippen LogP) is 4.97. The number of hydrogen-bond acceptors (Lipinski definition) is 1. The van der Waals surface area contributed by atoms with Gasteiger partial charge < -0.3 is 4.57 Å². The largest absolute Gasteiger partial charge is 0.335 e. The highest BCUT2D eigenvalue weighted by Crippen LogP contribution is 2.33. The van der Waals surface area contributed by atoms with Crippen molar-refractivity contribution in [2.45, 2.75) is 46.6 Å². The van der Waals surface area contributed by atoms with Crippen molar-refractivity contribution in [2.24, 2.45) is 0 Å². The van der Waals surface area contributed by atoms with Crippen LogP contribution >= 0.6 is 11.6 Å². The zero-order chi connectivity index (χ0) is 15.1. The third-order valence-corrected chi connectivity index (χ3v) is 3.72. The molecule has 108 valence electrons. The number of aromatic nitrogens is 2. The topological polar surface area (TPSA) is 17.8 Å². The van der Waals surface area contributed by atoms with Gasteiger partial charge in [0.2, 0.25) is 0 Å². The van der Waals surface area contributed by atoms with Gasteiger partial charge in [-0.2, -0.15) is 0 Å². The van der Waals surface area contributed by atoms with Gasteiger partial charge in [0.15, 0.2) is 0 Å². The van der Waals surface area contributed by atoms with Crippen molar-refractivity contribution in [3.8, 4) is 11.3 Å². The molecule has 1 heterocycles. The maximum atomic E-state index is 14.2. The predicted molar refractivity (Wildman–Crippen MR) is 81.7 cm³/mol. The maximum Gasteiger partial charge on any atom is 0.145 e. The summed E-state index contributed by atoms with van der Waals surface area (Å²) in [5, 5.41) is 0.149. The quantitative estimate of drug-likeness (QED) is 0.765. The van der Waals surface area contributed by atoms with Crippen molar-refractivity contribution in [1.82, 2.24) is 9.55 Å². The van der Waals surface area contributed by atoms with Gasteiger partial charge in [-0.15, -0.1) is 0 Å². The first-order chi connectivity index (χ1) is 9.24. The summed E-state index contributed by atoms with van der Waals surface area (Å²) < 4.78 is 16.2. The van der Waals surface area contributed by atoms with Crippen molar-refractivity contribution < 1.29 is 4.39 Å². The molecule has 0 amide bonds. The molecule has 0 N–H and O–H groups in total. The van der Waals surface area contributed by atoms with Crippen LogP contribution in [0.2, 0.25) is 5.02 Å². The van der Waals surface area contributed by atoms with Gasteiger partial charge in [-0.25, -0.2) is 9.37 Å². The molecule has 0 aliphatic rings. The van der Waals surface area contributed by atoms with E-state index in [0.29, 0.717) is 5.56 Å². The van der Waals surface area contributed by atoms with Crippen LogP contribution in [0.15, 0.2) is 18.3 Å². The first-order valence-electron chi connectivity index (χ1n) is 6.77. The minimum absolute atomic E-state index is 0.149. The first kappa shape index (κ1) is 15.0. The Hall–Kier alpha value is -1.35. The summed E-state index contributed by atoms with van der Waals surface area (Å²) in [6, 6.07) is 3.50. The maximum absolute atomic E-state index is 14.2. The summed E-state index contributed by atoms with van der Waals surface area (Å²) in [6.45, 7) is 10.8. The Morgan fingerprint density at radius 2 is 1.95 bits per heavy atom. The molecular formula is C16H20ClFN2. The van der Waals surface area contributed by atoms with Gasteiger partial charge in [-0.3, -0.25) is 0 Å². The lowest BCUT2D eigenvalue weighted by Gasteiger charge is -2.21. The van der Waals surface area contributed by atoms with Crippen molar-refractivity contribution in [1.29, 1.82) is 0 Å². The van der Waals surface area contributed by atoms with Crippen LogP contribution in [0.4, 0.5) is 4.39 Å². The fourth-order valence-electron chi connectivity index (χ4n) is 2.25. The molecule has 0 unspecified atom stereocenters. The van der Waals surface area contributed by atoms with Crippen molar-refractivity contribution in [3.05, 3.63) is 40.6 Å². The van der Waals surface area contributed by atoms with Crippen LogP contribution in [-0.2, 0) is 12.0 Å². The summed E-state index contributed by atoms with van der Waals surface area (Å²) in [5.41, 5.74) is 2.00. The molecule has 0 saturated heterocycles. The lowest BCUT2D eigenvalue weighted by molar-refractivity contribution is 0.523. The average molecular weight is 295 g/mol. The number of halogens is 2. The van der Waals surface area contributed by atoms with E-state index in [1.165, 1.54) is 0 Å². The van der Waals surface area contributed by atoms with E-state index in [-0.39, 0.29) is 16.3 Å². The third kappa shape index (κ3) is 2.73. The second-order valence-electron chi connectivity index (χ2n) is 6.03. The van der Waals surface area contributed by atoms with Crippen LogP contribution in [0.3, 0.4) is 0 Å². The van der Waals surface area contributed by atoms with E-state index in [4.69, 9.17) is 11.6 Å². The molecule has 0 bridgehead atoms. The average Bonchev–Trinajstić information content (AvgIpc) is 2.72. The fourth-order valence-corrected chi connectivity index (χ4v) is 2.47. The third-order valence-electron chi connectivity index (χ3n) is 3.45. The number of hydrogen-bond donors (Lipinski definition) is 0. The Labute approximate surface area is 124 Å². The van der Waals surface area contributed by atoms with E-state index in [0.717, 1.165) is 23.6 Å². The molecule has 0 atom stereocenters. The zero-order valence-electron chi connectivity index (χ0n) is 12.6. The Kier molecular flexibility index (Phi) is 3.92. The van der Waals surface area contributed by atoms with Gasteiger partial charge >= 0.3 is 0 Å². The van der Waals surface area contributed by atoms with Gasteiger partial charge in [0, 0.05) is 18.3 Å². The van der Waals surface area contributed by atoms with Crippen molar-refractivity contribution in [3.63, 3.8) is 0 Å². The lowest BCUT2D eigenvalue weighted by atomic mass is 9.85. The van der Waals surface area contributed by atoms with E-state index < -0.39 is 0 Å². The summed E-state index contributed by atoms with van der Waals surface area (Å²) >= 11 is 6.05. The molecule has 2 nitrogen and oxygen atoms in total. The van der Waals surface area contributed by atoms with Crippen LogP contribution in [0.1, 0.15) is 39.1 Å². The molecule has 1 aromatic heterocycles. The van der Waals surface area contributed by atoms with E-state index in [1.54, 1.807) is 6.07 Å². The molecule has 0 radical (unpaired) electrons. The highest BCUT2D eigenvalue weighted by molar-refractivity contribution is 6.31. The van der Waals surface area contributed by atoms with Crippen LogP contribution in [0, 0.1) is 12.7 Å². The first-order valence-corrected chi connectivity index (χ1v) is 7.15. The number of rotatable bonds is 2. The van der Waals surface area contributed by atoms with Crippen LogP contribution < -0.4 is 0 Å². The summed E-state index contributed by atoms with van der Waals surface area (Å²) in [5.74, 6) is 0.606. The molecule has 4 heteroatoms. The SMILES string of the molecule is CCn1cc(-c2cc(Cl)c(F)c(C(C)(C)C)c2)nc1C. The van der Waals surface area contributed by atoms with Gasteiger partial charge in [0.05, 0.1) is 10.7 Å². The van der Waals surface area contributed by atoms with Gasteiger partial charge in [0.25, 0.3) is 0 Å². The molecule has 0 fully saturated rings. The standard InChI is InChI=1S/C16H20ClFN2/c1-6-20-9-14(19-10(20)2)11-7-12(16(3,4)5)15(18)13(17)8-11/h7-9H,6H2,1-5H3. The van der Waals surface area contributed by atoms with E-state index in [2.05, 4.69) is 16.5 Å². The molecule has 0 aliphatic carbocycles. The monoisotopic (exact) mass is 294 g/mol. The molecule has 1 aromatic carbocycles. The number of benzene rings is 1. The fraction of sp³-hybridized carbons (Fsp3) is 0.438. The van der Waals surface area contributed by atoms with Crippen LogP contribution in [0.25, 0.3) is 11.3 Å². The highest BCUT2D eigenvalue weighted by atomic mass is 35.5. The van der Waals surface area contributed by atoms with Crippen molar-refractivity contribution >= 4 is 11.6 Å². The molecule has 2 aromatic rings. The zero-order valence-corrected chi connectivity index (χ0v) is 13.3. The molecule has 20 heavy (non-hydrogen) atoms. The Bertz CT molecular complexity index is 639. The normalized spacial score (nSPS) is 11.9. The Balaban J connectivity index is 2.60. The Morgan fingerprint density at radius 1 is 1.30 bits per heavy atom. The summed E-state index contributed by atoms with van der Waals surface area (Å²) in [6.07, 6.45) is 1.98. The molecule has 0 saturated carbocycles. The van der Waals surface area contributed by atoms with Gasteiger partial charge in [-0.1, -0.05) is 32.4 Å². The summed E-state index contributed by atoms with van der Waals surface area (Å²) in [4.78, 5) is 4.53. The Morgan fingerprint density at radius 3 is 2.45 bits per heavy atom. The van der Waals surface area contributed by atoms with E-state index >= 15 is 0 Å². The van der Waals surface area contributed by atoms with Crippen molar-refractivity contribution in [2.75, 3.05) is 0 Å². The van der Waals surface area contributed by atoms with Gasteiger partial charge in [-0.05, 0) is 37.0 Å². The molecule has 0 aliphatic heterocycles. The molecule has 0 spiro atoms.